The van der Waals surface area contributed by atoms with Crippen LogP contribution in [0.1, 0.15) is 69.2 Å². The summed E-state index contributed by atoms with van der Waals surface area (Å²) >= 11 is 0. The maximum atomic E-state index is 6.85. The van der Waals surface area contributed by atoms with Crippen molar-refractivity contribution in [2.45, 2.75) is 117 Å². The van der Waals surface area contributed by atoms with Crippen molar-refractivity contribution in [3.05, 3.63) is 0 Å². The fourth-order valence-electron chi connectivity index (χ4n) is 5.54. The Labute approximate surface area is 211 Å². The molecule has 2 aliphatic heterocycles. The second kappa shape index (κ2) is 9.94. The van der Waals surface area contributed by atoms with E-state index in [1.807, 2.05) is 6.66 Å². The van der Waals surface area contributed by atoms with Crippen molar-refractivity contribution < 1.29 is 23.3 Å². The molecule has 0 aliphatic carbocycles. The molecule has 0 radical (unpaired) electrons. The molecule has 202 valence electrons. The van der Waals surface area contributed by atoms with Crippen LogP contribution in [0.15, 0.2) is 0 Å². The summed E-state index contributed by atoms with van der Waals surface area (Å²) < 4.78 is 32.3. The zero-order valence-corrected chi connectivity index (χ0v) is 26.3. The number of hydrogen-bond donors (Lipinski definition) is 0. The summed E-state index contributed by atoms with van der Waals surface area (Å²) in [5, 5.41) is 0.00184. The molecule has 0 N–H and O–H groups in total. The molecule has 3 unspecified atom stereocenters. The minimum absolute atomic E-state index is 0.00184. The van der Waals surface area contributed by atoms with Crippen molar-refractivity contribution >= 4 is 26.8 Å². The lowest BCUT2D eigenvalue weighted by Gasteiger charge is -2.52. The Kier molecular flexibility index (Phi) is 8.95. The molecule has 2 saturated heterocycles. The molecular weight excluding hydrogens is 466 g/mol. The van der Waals surface area contributed by atoms with Crippen molar-refractivity contribution in [3.63, 3.8) is 0 Å². The zero-order valence-electron chi connectivity index (χ0n) is 24.5. The lowest BCUT2D eigenvalue weighted by molar-refractivity contribution is -0.107. The largest absolute Gasteiger partial charge is 0.378 e. The third-order valence-corrected chi connectivity index (χ3v) is 14.5. The van der Waals surface area contributed by atoms with Gasteiger partial charge >= 0.3 is 0 Å². The van der Waals surface area contributed by atoms with Gasteiger partial charge in [0.05, 0.1) is 36.1 Å². The first-order valence-corrected chi connectivity index (χ1v) is 17.9. The highest BCUT2D eigenvalue weighted by Crippen LogP contribution is 2.63. The predicted octanol–water partition coefficient (Wildman–Crippen LogP) is 6.45. The minimum Gasteiger partial charge on any atom is -0.378 e. The summed E-state index contributed by atoms with van der Waals surface area (Å²) in [6.45, 7) is 27.3. The fraction of sp³-hybridized carbons (Fsp3) is 0.926. The first-order chi connectivity index (χ1) is 15.1. The first-order valence-electron chi connectivity index (χ1n) is 12.7. The Hall–Kier alpha value is 0.400. The molecular formula is C27H54O5P2. The molecule has 9 atom stereocenters. The van der Waals surface area contributed by atoms with E-state index in [9.17, 15) is 0 Å². The molecule has 34 heavy (non-hydrogen) atoms. The molecule has 2 heterocycles. The minimum atomic E-state index is -2.48. The van der Waals surface area contributed by atoms with Gasteiger partial charge in [-0.2, -0.15) is 0 Å². The van der Waals surface area contributed by atoms with Crippen molar-refractivity contribution in [1.82, 2.24) is 0 Å². The Morgan fingerprint density at radius 3 is 1.62 bits per heavy atom. The Morgan fingerprint density at radius 1 is 0.735 bits per heavy atom. The summed E-state index contributed by atoms with van der Waals surface area (Å²) in [6, 6.07) is 0. The molecule has 5 nitrogen and oxygen atoms in total. The zero-order chi connectivity index (χ0) is 26.7. The highest BCUT2D eigenvalue weighted by Gasteiger charge is 2.56. The van der Waals surface area contributed by atoms with Gasteiger partial charge < -0.3 is 23.3 Å². The number of ether oxygens (including phenoxy) is 3. The molecule has 0 amide bonds. The van der Waals surface area contributed by atoms with Gasteiger partial charge in [0.25, 0.3) is 0 Å². The monoisotopic (exact) mass is 520 g/mol. The van der Waals surface area contributed by atoms with E-state index in [2.05, 4.69) is 95.2 Å². The van der Waals surface area contributed by atoms with E-state index in [1.54, 1.807) is 7.11 Å². The second-order valence-electron chi connectivity index (χ2n) is 13.2. The Bertz CT molecular complexity index is 814. The molecule has 0 aromatic heterocycles. The molecule has 0 aromatic carbocycles. The summed E-state index contributed by atoms with van der Waals surface area (Å²) in [6.07, 6.45) is 8.88. The average molecular weight is 521 g/mol. The highest BCUT2D eigenvalue weighted by atomic mass is 31.2. The maximum absolute atomic E-state index is 6.85. The molecule has 0 bridgehead atoms. The van der Waals surface area contributed by atoms with Gasteiger partial charge in [0.15, 0.2) is 0 Å². The second-order valence-corrected chi connectivity index (χ2v) is 20.1. The summed E-state index contributed by atoms with van der Waals surface area (Å²) in [7, 11) is -0.727. The number of rotatable bonds is 9. The van der Waals surface area contributed by atoms with Crippen molar-refractivity contribution in [2.24, 2.45) is 17.3 Å². The fourth-order valence-corrected chi connectivity index (χ4v) is 9.18. The van der Waals surface area contributed by atoms with Crippen molar-refractivity contribution in [1.29, 1.82) is 0 Å². The molecule has 0 spiro atoms. The lowest BCUT2D eigenvalue weighted by Crippen LogP contribution is -2.52. The van der Waals surface area contributed by atoms with Gasteiger partial charge in [-0.15, -0.1) is 13.2 Å². The molecule has 0 saturated carbocycles. The van der Waals surface area contributed by atoms with E-state index in [0.717, 1.165) is 0 Å². The first kappa shape index (κ1) is 30.6. The number of hydrogen-bond acceptors (Lipinski definition) is 5. The number of methoxy groups -OCH3 is 1. The van der Waals surface area contributed by atoms with Gasteiger partial charge in [-0.05, 0) is 46.2 Å². The van der Waals surface area contributed by atoms with Crippen LogP contribution >= 0.6 is 14.2 Å². The normalized spacial score (nSPS) is 37.7. The van der Waals surface area contributed by atoms with Crippen molar-refractivity contribution in [2.75, 3.05) is 27.1 Å². The SMILES string of the molecule is C=P(C)(O[C@@H]1C(C(C)(C)C(C)(C)P(=C)(C)C)O[C@@H](C)[C@@H]1C)OC(C)(C)C1O[C@@H](C)[C@H](C)[C@@H]1OC. The van der Waals surface area contributed by atoms with Crippen molar-refractivity contribution in [3.8, 4) is 0 Å². The summed E-state index contributed by atoms with van der Waals surface area (Å²) in [5.41, 5.74) is -0.755. The molecule has 2 fully saturated rings. The smallest absolute Gasteiger partial charge is 0.115 e. The molecule has 2 rings (SSSR count). The van der Waals surface area contributed by atoms with E-state index in [0.29, 0.717) is 5.92 Å². The quantitative estimate of drug-likeness (QED) is 0.327. The molecule has 2 aliphatic rings. The van der Waals surface area contributed by atoms with Gasteiger partial charge in [-0.3, -0.25) is 0 Å². The highest BCUT2D eigenvalue weighted by molar-refractivity contribution is 7.73. The van der Waals surface area contributed by atoms with Crippen LogP contribution in [0.4, 0.5) is 0 Å². The van der Waals surface area contributed by atoms with Gasteiger partial charge in [0.1, 0.15) is 13.4 Å². The van der Waals surface area contributed by atoms with Gasteiger partial charge in [0.2, 0.25) is 0 Å². The van der Waals surface area contributed by atoms with E-state index in [-0.39, 0.29) is 53.1 Å². The standard InChI is InChI=1S/C27H54O5P2/c1-17-19(3)30-24(21(17)28-11)26(7,8)32-34(15,16)31-22-18(2)20(4)29-23(22)25(5,6)27(9,10)33(12,13)14/h17-24H,12,15H2,1-11,13-14,16H3/t17-,18-,19-,20-,21-,22-,23?,24?,34?/m0/s1. The van der Waals surface area contributed by atoms with Gasteiger partial charge in [0, 0.05) is 31.0 Å². The van der Waals surface area contributed by atoms with Crippen LogP contribution in [0.25, 0.3) is 0 Å². The average Bonchev–Trinajstić information content (AvgIpc) is 3.11. The lowest BCUT2D eigenvalue weighted by atomic mass is 9.72. The maximum Gasteiger partial charge on any atom is 0.115 e. The van der Waals surface area contributed by atoms with Crippen LogP contribution in [0.3, 0.4) is 0 Å². The van der Waals surface area contributed by atoms with Gasteiger partial charge in [-0.1, -0.05) is 47.8 Å². The summed E-state index contributed by atoms with van der Waals surface area (Å²) in [4.78, 5) is 0. The van der Waals surface area contributed by atoms with Gasteiger partial charge in [-0.25, -0.2) is 0 Å². The Morgan fingerprint density at radius 2 is 1.18 bits per heavy atom. The van der Waals surface area contributed by atoms with Crippen LogP contribution in [0.5, 0.6) is 0 Å². The van der Waals surface area contributed by atoms with Crippen LogP contribution in [0, 0.1) is 17.3 Å². The molecule has 7 heteroatoms. The van der Waals surface area contributed by atoms with Crippen LogP contribution in [0.2, 0.25) is 0 Å². The van der Waals surface area contributed by atoms with E-state index >= 15 is 0 Å². The predicted molar refractivity (Wildman–Crippen MR) is 152 cm³/mol. The van der Waals surface area contributed by atoms with Crippen LogP contribution in [-0.4, -0.2) is 87.1 Å². The third kappa shape index (κ3) is 5.62. The van der Waals surface area contributed by atoms with E-state index < -0.39 is 19.8 Å². The van der Waals surface area contributed by atoms with Crippen LogP contribution in [-0.2, 0) is 23.3 Å². The van der Waals surface area contributed by atoms with E-state index in [1.165, 1.54) is 0 Å². The van der Waals surface area contributed by atoms with E-state index in [4.69, 9.17) is 23.3 Å². The third-order valence-electron chi connectivity index (χ3n) is 9.37. The summed E-state index contributed by atoms with van der Waals surface area (Å²) in [5.74, 6) is 0.521. The molecule has 0 aromatic rings. The topological polar surface area (TPSA) is 46.2 Å². The Balaban J connectivity index is 2.31. The van der Waals surface area contributed by atoms with Crippen LogP contribution < -0.4 is 0 Å².